The van der Waals surface area contributed by atoms with Gasteiger partial charge in [-0.3, -0.25) is 0 Å². The van der Waals surface area contributed by atoms with Crippen molar-refractivity contribution in [3.8, 4) is 44.5 Å². The van der Waals surface area contributed by atoms with Gasteiger partial charge in [0.25, 0.3) is 0 Å². The molecule has 19 rings (SSSR count). The maximum absolute atomic E-state index is 6.93. The van der Waals surface area contributed by atoms with Crippen LogP contribution in [-0.4, -0.2) is 0 Å². The van der Waals surface area contributed by atoms with Gasteiger partial charge in [0.05, 0.1) is 22.5 Å². The van der Waals surface area contributed by atoms with Gasteiger partial charge in [0.2, 0.25) is 0 Å². The molecule has 0 saturated carbocycles. The molecular formula is C83H50N2OS2. The van der Waals surface area contributed by atoms with E-state index in [4.69, 9.17) is 4.42 Å². The van der Waals surface area contributed by atoms with Crippen molar-refractivity contribution in [2.45, 2.75) is 5.41 Å². The predicted molar refractivity (Wildman–Crippen MR) is 374 cm³/mol. The summed E-state index contributed by atoms with van der Waals surface area (Å²) in [5, 5.41) is 9.69. The van der Waals surface area contributed by atoms with Crippen LogP contribution in [-0.2, 0) is 5.41 Å². The lowest BCUT2D eigenvalue weighted by molar-refractivity contribution is 0.669. The number of benzene rings is 14. The fourth-order valence-electron chi connectivity index (χ4n) is 15.3. The van der Waals surface area contributed by atoms with Crippen LogP contribution in [0.1, 0.15) is 22.3 Å². The van der Waals surface area contributed by atoms with Gasteiger partial charge in [-0.1, -0.05) is 200 Å². The van der Waals surface area contributed by atoms with Gasteiger partial charge in [-0.2, -0.15) is 0 Å². The Morgan fingerprint density at radius 3 is 1.61 bits per heavy atom. The van der Waals surface area contributed by atoms with Gasteiger partial charge in [-0.05, 0) is 170 Å². The molecule has 0 bridgehead atoms. The lowest BCUT2D eigenvalue weighted by Crippen LogP contribution is -2.26. The van der Waals surface area contributed by atoms with Gasteiger partial charge in [-0.25, -0.2) is 0 Å². The van der Waals surface area contributed by atoms with E-state index in [2.05, 4.69) is 313 Å². The number of furan rings is 1. The van der Waals surface area contributed by atoms with E-state index in [0.717, 1.165) is 72.8 Å². The number of nitrogens with zero attached hydrogens (tertiary/aromatic N) is 2. The molecule has 0 fully saturated rings. The largest absolute Gasteiger partial charge is 0.456 e. The number of rotatable bonds is 8. The van der Waals surface area contributed by atoms with E-state index in [0.29, 0.717) is 0 Å². The molecule has 0 radical (unpaired) electrons. The molecule has 1 unspecified atom stereocenters. The first kappa shape index (κ1) is 49.4. The minimum absolute atomic E-state index is 0.582. The van der Waals surface area contributed by atoms with Gasteiger partial charge < -0.3 is 14.2 Å². The number of fused-ring (bicyclic) bond motifs is 21. The molecule has 17 aromatic rings. The van der Waals surface area contributed by atoms with Gasteiger partial charge in [-0.15, -0.1) is 22.7 Å². The van der Waals surface area contributed by atoms with Crippen molar-refractivity contribution in [1.29, 1.82) is 0 Å². The summed E-state index contributed by atoms with van der Waals surface area (Å²) >= 11 is 3.71. The quantitative estimate of drug-likeness (QED) is 0.151. The van der Waals surface area contributed by atoms with E-state index in [1.54, 1.807) is 0 Å². The van der Waals surface area contributed by atoms with E-state index in [9.17, 15) is 0 Å². The van der Waals surface area contributed by atoms with Crippen molar-refractivity contribution in [1.82, 2.24) is 0 Å². The zero-order valence-electron chi connectivity index (χ0n) is 47.5. The second-order valence-corrected chi connectivity index (χ2v) is 25.5. The smallest absolute Gasteiger partial charge is 0.136 e. The van der Waals surface area contributed by atoms with Crippen LogP contribution in [0.3, 0.4) is 0 Å². The highest BCUT2D eigenvalue weighted by atomic mass is 32.1. The number of hydrogen-bond donors (Lipinski definition) is 0. The molecule has 0 saturated heterocycles. The zero-order chi connectivity index (χ0) is 57.6. The summed E-state index contributed by atoms with van der Waals surface area (Å²) in [6.45, 7) is 0. The van der Waals surface area contributed by atoms with Crippen molar-refractivity contribution in [3.05, 3.63) is 326 Å². The number of para-hydroxylation sites is 3. The molecule has 3 heterocycles. The third kappa shape index (κ3) is 7.05. The molecule has 0 N–H and O–H groups in total. The highest BCUT2D eigenvalue weighted by Crippen LogP contribution is 2.66. The van der Waals surface area contributed by atoms with Crippen LogP contribution < -0.4 is 9.80 Å². The molecule has 2 aliphatic rings. The summed E-state index contributed by atoms with van der Waals surface area (Å²) in [6, 6.07) is 113. The molecule has 0 aliphatic heterocycles. The van der Waals surface area contributed by atoms with Crippen LogP contribution in [0.2, 0.25) is 0 Å². The van der Waals surface area contributed by atoms with E-state index in [1.165, 1.54) is 101 Å². The summed E-state index contributed by atoms with van der Waals surface area (Å²) in [7, 11) is 0. The van der Waals surface area contributed by atoms with Crippen LogP contribution >= 0.6 is 22.7 Å². The number of anilines is 6. The minimum Gasteiger partial charge on any atom is -0.456 e. The summed E-state index contributed by atoms with van der Waals surface area (Å²) in [4.78, 5) is 4.98. The number of hydrogen-bond acceptors (Lipinski definition) is 5. The van der Waals surface area contributed by atoms with Crippen LogP contribution in [0.15, 0.2) is 308 Å². The number of thiophene rings is 2. The van der Waals surface area contributed by atoms with E-state index < -0.39 is 5.41 Å². The molecule has 0 amide bonds. The van der Waals surface area contributed by atoms with Crippen molar-refractivity contribution in [3.63, 3.8) is 0 Å². The molecule has 1 spiro atoms. The van der Waals surface area contributed by atoms with Gasteiger partial charge in [0, 0.05) is 79.3 Å². The molecule has 3 aromatic heterocycles. The highest BCUT2D eigenvalue weighted by molar-refractivity contribution is 7.26. The fraction of sp³-hybridized carbons (Fsp3) is 0.0120. The Labute approximate surface area is 516 Å². The molecule has 1 atom stereocenters. The average Bonchev–Trinajstić information content (AvgIpc) is 1.64. The Morgan fingerprint density at radius 1 is 0.273 bits per heavy atom. The van der Waals surface area contributed by atoms with Crippen molar-refractivity contribution >= 4 is 130 Å². The standard InChI is InChI=1S/C83H50N2OS2/c1-3-20-55(21-4-1)84(56-22-5-2-6-23-56)70-33-18-36-77-81(70)64-50-54(41-48-76(64)88-77)78-71(45-46-73-82(78)62-28-11-15-34-72(62)86-73)85(57-42-37-51(38-43-57)53-40-47-75-63(49-53)59-25-12-16-35-74(59)87-75)69-32-17-31-67-80(69)61-27-10-14-30-66(61)83(67)65-29-13-9-26-60(65)79-58-24-8-7-19-52(58)39-44-68(79)83/h1-50H. The topological polar surface area (TPSA) is 19.6 Å². The lowest BCUT2D eigenvalue weighted by Gasteiger charge is -2.32. The summed E-state index contributed by atoms with van der Waals surface area (Å²) in [6.07, 6.45) is 0. The highest BCUT2D eigenvalue weighted by Gasteiger charge is 2.53. The Morgan fingerprint density at radius 2 is 0.818 bits per heavy atom. The monoisotopic (exact) mass is 1150 g/mol. The predicted octanol–water partition coefficient (Wildman–Crippen LogP) is 24.1. The third-order valence-electron chi connectivity index (χ3n) is 18.9. The Bertz CT molecular complexity index is 5680. The molecule has 3 nitrogen and oxygen atoms in total. The van der Waals surface area contributed by atoms with Gasteiger partial charge >= 0.3 is 0 Å². The van der Waals surface area contributed by atoms with E-state index in [-0.39, 0.29) is 0 Å². The zero-order valence-corrected chi connectivity index (χ0v) is 49.1. The molecule has 14 aromatic carbocycles. The summed E-state index contributed by atoms with van der Waals surface area (Å²) in [5.41, 5.74) is 22.5. The first-order valence-electron chi connectivity index (χ1n) is 30.1. The molecule has 410 valence electrons. The van der Waals surface area contributed by atoms with Crippen molar-refractivity contribution in [2.75, 3.05) is 9.80 Å². The van der Waals surface area contributed by atoms with Crippen molar-refractivity contribution in [2.24, 2.45) is 0 Å². The van der Waals surface area contributed by atoms with Crippen LogP contribution in [0.4, 0.5) is 34.1 Å². The van der Waals surface area contributed by atoms with Gasteiger partial charge in [0.1, 0.15) is 11.2 Å². The first-order valence-corrected chi connectivity index (χ1v) is 31.8. The van der Waals surface area contributed by atoms with E-state index in [1.807, 2.05) is 22.7 Å². The Hall–Kier alpha value is -10.8. The first-order chi connectivity index (χ1) is 43.7. The summed E-state index contributed by atoms with van der Waals surface area (Å²) in [5.74, 6) is 0. The third-order valence-corrected chi connectivity index (χ3v) is 21.1. The van der Waals surface area contributed by atoms with Gasteiger partial charge in [0.15, 0.2) is 0 Å². The second kappa shape index (κ2) is 19.1. The Kier molecular flexibility index (Phi) is 10.7. The van der Waals surface area contributed by atoms with Crippen molar-refractivity contribution < 1.29 is 4.42 Å². The van der Waals surface area contributed by atoms with Crippen LogP contribution in [0, 0.1) is 0 Å². The summed E-state index contributed by atoms with van der Waals surface area (Å²) < 4.78 is 12.0. The molecule has 88 heavy (non-hydrogen) atoms. The lowest BCUT2D eigenvalue weighted by atomic mass is 9.70. The molecule has 5 heteroatoms. The van der Waals surface area contributed by atoms with Crippen LogP contribution in [0.5, 0.6) is 0 Å². The molecular weight excluding hydrogens is 1110 g/mol. The fourth-order valence-corrected chi connectivity index (χ4v) is 17.4. The second-order valence-electron chi connectivity index (χ2n) is 23.3. The SMILES string of the molecule is c1ccc(N(c2ccccc2)c2cccc3sc4ccc(-c5c(N(c6ccc(-c7ccc8sc9ccccc9c8c7)cc6)c6cccc7c6-c6ccccc6C76c7ccccc7-c7c6ccc6ccccc76)ccc6oc7ccccc7c56)cc4c23)cc1. The normalized spacial score (nSPS) is 14.0. The maximum Gasteiger partial charge on any atom is 0.136 e. The molecule has 2 aliphatic carbocycles. The average molecular weight is 1160 g/mol. The minimum atomic E-state index is -0.582. The van der Waals surface area contributed by atoms with E-state index >= 15 is 0 Å². The Balaban J connectivity index is 0.892. The van der Waals surface area contributed by atoms with Crippen LogP contribution in [0.25, 0.3) is 118 Å². The maximum atomic E-state index is 6.93.